The first-order valence-electron chi connectivity index (χ1n) is 9.87. The number of unbranched alkanes of at least 4 members (excludes halogenated alkanes) is 2. The van der Waals surface area contributed by atoms with Gasteiger partial charge in [-0.3, -0.25) is 0 Å². The van der Waals surface area contributed by atoms with Gasteiger partial charge >= 0.3 is 11.9 Å². The number of hydrogen-bond acceptors (Lipinski definition) is 7. The average Bonchev–Trinajstić information content (AvgIpc) is 2.79. The standard InChI is InChI=1S/C20H26O6.C4H6O/c1-3-23-12-5-7-14-25-19(21)17-10-9-11-18(16-17)20(22)26-15-8-6-13-24-4-2;1-3-5-4-2/h3-4,9-11,16H,1-2,5-8,12-15H2;3-4H,1-2H2. The van der Waals surface area contributed by atoms with Crippen LogP contribution in [0.5, 0.6) is 0 Å². The van der Waals surface area contributed by atoms with Crippen molar-refractivity contribution in [2.24, 2.45) is 0 Å². The van der Waals surface area contributed by atoms with E-state index < -0.39 is 11.9 Å². The van der Waals surface area contributed by atoms with E-state index in [0.29, 0.717) is 50.4 Å². The van der Waals surface area contributed by atoms with Crippen LogP contribution in [0, 0.1) is 0 Å². The Balaban J connectivity index is 0.00000161. The highest BCUT2D eigenvalue weighted by atomic mass is 16.5. The third kappa shape index (κ3) is 15.1. The minimum Gasteiger partial charge on any atom is -0.502 e. The first-order chi connectivity index (χ1) is 15.1. The van der Waals surface area contributed by atoms with Gasteiger partial charge in [0.15, 0.2) is 0 Å². The summed E-state index contributed by atoms with van der Waals surface area (Å²) >= 11 is 0. The molecule has 0 bridgehead atoms. The van der Waals surface area contributed by atoms with E-state index in [1.165, 1.54) is 31.1 Å². The minimum atomic E-state index is -0.467. The molecule has 1 rings (SSSR count). The van der Waals surface area contributed by atoms with Crippen LogP contribution in [0.4, 0.5) is 0 Å². The van der Waals surface area contributed by atoms with Crippen LogP contribution in [0.3, 0.4) is 0 Å². The summed E-state index contributed by atoms with van der Waals surface area (Å²) in [6, 6.07) is 6.31. The Morgan fingerprint density at radius 2 is 1.10 bits per heavy atom. The fourth-order valence-electron chi connectivity index (χ4n) is 2.08. The van der Waals surface area contributed by atoms with Gasteiger partial charge in [-0.1, -0.05) is 32.4 Å². The van der Waals surface area contributed by atoms with Crippen molar-refractivity contribution >= 4 is 11.9 Å². The fraction of sp³-hybridized carbons (Fsp3) is 0.333. The van der Waals surface area contributed by atoms with E-state index in [1.807, 2.05) is 0 Å². The van der Waals surface area contributed by atoms with E-state index in [-0.39, 0.29) is 0 Å². The van der Waals surface area contributed by atoms with Crippen LogP contribution >= 0.6 is 0 Å². The van der Waals surface area contributed by atoms with Crippen LogP contribution in [-0.2, 0) is 23.7 Å². The van der Waals surface area contributed by atoms with E-state index in [0.717, 1.165) is 12.8 Å². The monoisotopic (exact) mass is 432 g/mol. The van der Waals surface area contributed by atoms with Crippen LogP contribution in [0.2, 0.25) is 0 Å². The number of hydrogen-bond donors (Lipinski definition) is 0. The number of carbonyl (C=O) groups excluding carboxylic acids is 2. The molecule has 7 nitrogen and oxygen atoms in total. The lowest BCUT2D eigenvalue weighted by Crippen LogP contribution is -2.10. The predicted molar refractivity (Wildman–Crippen MR) is 119 cm³/mol. The summed E-state index contributed by atoms with van der Waals surface area (Å²) in [4.78, 5) is 24.1. The van der Waals surface area contributed by atoms with E-state index in [2.05, 4.69) is 31.1 Å². The topological polar surface area (TPSA) is 80.3 Å². The van der Waals surface area contributed by atoms with Crippen molar-refractivity contribution in [2.75, 3.05) is 26.4 Å². The molecule has 0 heterocycles. The van der Waals surface area contributed by atoms with Gasteiger partial charge in [0, 0.05) is 0 Å². The summed E-state index contributed by atoms with van der Waals surface area (Å²) in [6.45, 7) is 15.1. The fourth-order valence-corrected chi connectivity index (χ4v) is 2.08. The van der Waals surface area contributed by atoms with Crippen molar-refractivity contribution in [3.05, 3.63) is 86.8 Å². The lowest BCUT2D eigenvalue weighted by molar-refractivity contribution is 0.0490. The average molecular weight is 433 g/mol. The maximum atomic E-state index is 12.0. The maximum Gasteiger partial charge on any atom is 0.338 e. The molecule has 1 aromatic rings. The van der Waals surface area contributed by atoms with Gasteiger partial charge in [0.1, 0.15) is 0 Å². The zero-order valence-electron chi connectivity index (χ0n) is 18.0. The largest absolute Gasteiger partial charge is 0.502 e. The number of rotatable bonds is 16. The zero-order valence-corrected chi connectivity index (χ0v) is 18.0. The highest BCUT2D eigenvalue weighted by molar-refractivity contribution is 5.95. The second-order valence-corrected chi connectivity index (χ2v) is 5.81. The van der Waals surface area contributed by atoms with Gasteiger partial charge in [0.05, 0.1) is 62.6 Å². The molecule has 0 saturated carbocycles. The molecule has 0 aromatic heterocycles. The van der Waals surface area contributed by atoms with Crippen molar-refractivity contribution in [3.63, 3.8) is 0 Å². The molecule has 1 aromatic carbocycles. The van der Waals surface area contributed by atoms with E-state index in [1.54, 1.807) is 18.2 Å². The summed E-state index contributed by atoms with van der Waals surface area (Å²) in [5.74, 6) is -0.934. The number of ether oxygens (including phenoxy) is 5. The molecule has 0 radical (unpaired) electrons. The second kappa shape index (κ2) is 19.8. The van der Waals surface area contributed by atoms with Crippen LogP contribution in [0.25, 0.3) is 0 Å². The molecule has 0 aliphatic rings. The molecule has 0 unspecified atom stereocenters. The first kappa shape index (κ1) is 27.5. The highest BCUT2D eigenvalue weighted by Crippen LogP contribution is 2.09. The molecule has 31 heavy (non-hydrogen) atoms. The third-order valence-electron chi connectivity index (χ3n) is 3.54. The Labute approximate surface area is 184 Å². The molecule has 0 aliphatic carbocycles. The van der Waals surface area contributed by atoms with E-state index >= 15 is 0 Å². The van der Waals surface area contributed by atoms with E-state index in [9.17, 15) is 9.59 Å². The summed E-state index contributed by atoms with van der Waals surface area (Å²) in [5.41, 5.74) is 0.641. The number of benzene rings is 1. The van der Waals surface area contributed by atoms with Gasteiger partial charge in [0.2, 0.25) is 0 Å². The molecule has 0 fully saturated rings. The quantitative estimate of drug-likeness (QED) is 0.202. The Morgan fingerprint density at radius 1 is 0.677 bits per heavy atom. The minimum absolute atomic E-state index is 0.292. The number of carbonyl (C=O) groups is 2. The molecule has 0 saturated heterocycles. The van der Waals surface area contributed by atoms with Crippen molar-refractivity contribution in [2.45, 2.75) is 25.7 Å². The lowest BCUT2D eigenvalue weighted by atomic mass is 10.1. The van der Waals surface area contributed by atoms with Gasteiger partial charge in [-0.2, -0.15) is 0 Å². The lowest BCUT2D eigenvalue weighted by Gasteiger charge is -2.07. The van der Waals surface area contributed by atoms with Crippen LogP contribution < -0.4 is 0 Å². The van der Waals surface area contributed by atoms with Crippen LogP contribution in [0.15, 0.2) is 75.6 Å². The van der Waals surface area contributed by atoms with Gasteiger partial charge < -0.3 is 23.7 Å². The Hall–Kier alpha value is -3.48. The van der Waals surface area contributed by atoms with Gasteiger partial charge in [-0.05, 0) is 43.9 Å². The summed E-state index contributed by atoms with van der Waals surface area (Å²) in [7, 11) is 0. The van der Waals surface area contributed by atoms with Gasteiger partial charge in [-0.15, -0.1) is 0 Å². The van der Waals surface area contributed by atoms with Crippen LogP contribution in [0.1, 0.15) is 46.4 Å². The summed E-state index contributed by atoms with van der Waals surface area (Å²) < 4.78 is 24.7. The van der Waals surface area contributed by atoms with Crippen molar-refractivity contribution in [3.8, 4) is 0 Å². The first-order valence-corrected chi connectivity index (χ1v) is 9.87. The molecule has 0 atom stereocenters. The third-order valence-corrected chi connectivity index (χ3v) is 3.54. The van der Waals surface area contributed by atoms with Gasteiger partial charge in [-0.25, -0.2) is 9.59 Å². The SMILES string of the molecule is C=COC=C.C=COCCCCOC(=O)c1cccc(C(=O)OCCCCOC=C)c1. The Morgan fingerprint density at radius 3 is 1.45 bits per heavy atom. The zero-order chi connectivity index (χ0) is 23.2. The molecule has 7 heteroatoms. The molecule has 0 amide bonds. The van der Waals surface area contributed by atoms with Crippen LogP contribution in [-0.4, -0.2) is 38.4 Å². The van der Waals surface area contributed by atoms with Crippen molar-refractivity contribution < 1.29 is 33.3 Å². The normalized spacial score (nSPS) is 9.16. The Kier molecular flexibility index (Phi) is 17.6. The molecule has 170 valence electrons. The predicted octanol–water partition coefficient (Wildman–Crippen LogP) is 5.17. The van der Waals surface area contributed by atoms with Crippen molar-refractivity contribution in [1.29, 1.82) is 0 Å². The number of esters is 2. The molecular formula is C24H32O7. The van der Waals surface area contributed by atoms with E-state index in [4.69, 9.17) is 18.9 Å². The second-order valence-electron chi connectivity index (χ2n) is 5.81. The summed E-state index contributed by atoms with van der Waals surface area (Å²) in [5, 5.41) is 0. The molecular weight excluding hydrogens is 400 g/mol. The Bertz CT molecular complexity index is 629. The molecule has 0 aliphatic heterocycles. The van der Waals surface area contributed by atoms with Crippen molar-refractivity contribution in [1.82, 2.24) is 0 Å². The smallest absolute Gasteiger partial charge is 0.338 e. The highest BCUT2D eigenvalue weighted by Gasteiger charge is 2.12. The molecule has 0 spiro atoms. The molecule has 0 N–H and O–H groups in total. The maximum absolute atomic E-state index is 12.0. The summed E-state index contributed by atoms with van der Waals surface area (Å²) in [6.07, 6.45) is 8.30. The van der Waals surface area contributed by atoms with Gasteiger partial charge in [0.25, 0.3) is 0 Å².